The highest BCUT2D eigenvalue weighted by Gasteiger charge is 2.21. The van der Waals surface area contributed by atoms with Gasteiger partial charge in [0, 0.05) is 55.6 Å². The first-order chi connectivity index (χ1) is 13.4. The van der Waals surface area contributed by atoms with Gasteiger partial charge in [-0.3, -0.25) is 15.0 Å². The lowest BCUT2D eigenvalue weighted by atomic mass is 10.1. The van der Waals surface area contributed by atoms with Crippen molar-refractivity contribution in [1.29, 1.82) is 0 Å². The number of halogens is 1. The molecule has 28 heavy (non-hydrogen) atoms. The molecule has 150 valence electrons. The van der Waals surface area contributed by atoms with Gasteiger partial charge >= 0.3 is 0 Å². The number of anilines is 1. The Kier molecular flexibility index (Phi) is 6.72. The number of nitro benzene ring substituents is 1. The summed E-state index contributed by atoms with van der Waals surface area (Å²) in [6.07, 6.45) is -0.630. The van der Waals surface area contributed by atoms with Crippen LogP contribution in [0.15, 0.2) is 42.5 Å². The molecule has 7 nitrogen and oxygen atoms in total. The highest BCUT2D eigenvalue weighted by Crippen LogP contribution is 2.25. The molecule has 3 rings (SSSR count). The van der Waals surface area contributed by atoms with E-state index in [-0.39, 0.29) is 12.3 Å². The molecule has 1 aliphatic heterocycles. The van der Waals surface area contributed by atoms with Gasteiger partial charge in [-0.25, -0.2) is 0 Å². The van der Waals surface area contributed by atoms with E-state index in [2.05, 4.69) is 16.7 Å². The van der Waals surface area contributed by atoms with E-state index in [1.54, 1.807) is 0 Å². The van der Waals surface area contributed by atoms with E-state index in [1.165, 1.54) is 29.8 Å². The maximum absolute atomic E-state index is 10.7. The zero-order valence-corrected chi connectivity index (χ0v) is 16.5. The molecule has 1 atom stereocenters. The van der Waals surface area contributed by atoms with Crippen LogP contribution in [0.1, 0.15) is 5.56 Å². The van der Waals surface area contributed by atoms with Crippen molar-refractivity contribution in [1.82, 2.24) is 4.90 Å². The summed E-state index contributed by atoms with van der Waals surface area (Å²) in [6, 6.07) is 11.8. The molecule has 2 aromatic carbocycles. The Labute approximate surface area is 169 Å². The van der Waals surface area contributed by atoms with Crippen molar-refractivity contribution in [2.45, 2.75) is 13.0 Å². The fourth-order valence-corrected chi connectivity index (χ4v) is 3.47. The van der Waals surface area contributed by atoms with E-state index >= 15 is 0 Å². The van der Waals surface area contributed by atoms with Gasteiger partial charge in [0.1, 0.15) is 18.5 Å². The number of aliphatic hydroxyl groups excluding tert-OH is 1. The quantitative estimate of drug-likeness (QED) is 0.563. The van der Waals surface area contributed by atoms with Gasteiger partial charge in [-0.05, 0) is 36.8 Å². The van der Waals surface area contributed by atoms with E-state index in [0.29, 0.717) is 12.3 Å². The number of aryl methyl sites for hydroxylation is 1. The number of nitrogens with zero attached hydrogens (tertiary/aromatic N) is 3. The summed E-state index contributed by atoms with van der Waals surface area (Å²) in [5.41, 5.74) is 2.38. The van der Waals surface area contributed by atoms with Crippen molar-refractivity contribution in [3.05, 3.63) is 63.2 Å². The Morgan fingerprint density at radius 1 is 1.18 bits per heavy atom. The molecule has 0 spiro atoms. The SMILES string of the molecule is Cc1ccc(Cl)cc1N1CCN(C[C@@H](O)COc2ccc([N+](=O)[O-])cc2)CC1. The lowest BCUT2D eigenvalue weighted by Gasteiger charge is -2.37. The number of rotatable bonds is 7. The van der Waals surface area contributed by atoms with Gasteiger partial charge in [0.25, 0.3) is 5.69 Å². The number of piperazine rings is 1. The van der Waals surface area contributed by atoms with Crippen LogP contribution in [0, 0.1) is 17.0 Å². The Morgan fingerprint density at radius 3 is 2.50 bits per heavy atom. The molecule has 1 fully saturated rings. The highest BCUT2D eigenvalue weighted by molar-refractivity contribution is 6.30. The number of β-amino-alcohol motifs (C(OH)–C–C–N with tert-alkyl or cyclic N) is 1. The average Bonchev–Trinajstić information content (AvgIpc) is 2.69. The van der Waals surface area contributed by atoms with Crippen LogP contribution in [0.5, 0.6) is 5.75 Å². The summed E-state index contributed by atoms with van der Waals surface area (Å²) < 4.78 is 5.54. The number of aliphatic hydroxyl groups is 1. The molecule has 0 bridgehead atoms. The number of hydrogen-bond acceptors (Lipinski definition) is 6. The first-order valence-electron chi connectivity index (χ1n) is 9.21. The summed E-state index contributed by atoms with van der Waals surface area (Å²) in [7, 11) is 0. The van der Waals surface area contributed by atoms with Crippen LogP contribution < -0.4 is 9.64 Å². The first-order valence-corrected chi connectivity index (χ1v) is 9.59. The Bertz CT molecular complexity index is 808. The van der Waals surface area contributed by atoms with Crippen LogP contribution >= 0.6 is 11.6 Å². The average molecular weight is 406 g/mol. The molecule has 0 aliphatic carbocycles. The van der Waals surface area contributed by atoms with Crippen LogP contribution in [0.4, 0.5) is 11.4 Å². The third-order valence-corrected chi connectivity index (χ3v) is 5.08. The van der Waals surface area contributed by atoms with Crippen molar-refractivity contribution in [3.63, 3.8) is 0 Å². The van der Waals surface area contributed by atoms with E-state index in [4.69, 9.17) is 16.3 Å². The predicted molar refractivity (Wildman–Crippen MR) is 109 cm³/mol. The fraction of sp³-hybridized carbons (Fsp3) is 0.400. The molecule has 2 aromatic rings. The third-order valence-electron chi connectivity index (χ3n) is 4.84. The summed E-state index contributed by atoms with van der Waals surface area (Å²) in [5.74, 6) is 0.505. The molecular formula is C20H24ClN3O4. The molecule has 1 saturated heterocycles. The second kappa shape index (κ2) is 9.23. The van der Waals surface area contributed by atoms with Gasteiger partial charge in [0.05, 0.1) is 4.92 Å². The van der Waals surface area contributed by atoms with Crippen LogP contribution in [0.2, 0.25) is 5.02 Å². The van der Waals surface area contributed by atoms with E-state index < -0.39 is 11.0 Å². The van der Waals surface area contributed by atoms with Gasteiger partial charge < -0.3 is 14.7 Å². The number of hydrogen-bond donors (Lipinski definition) is 1. The minimum absolute atomic E-state index is 0.0145. The maximum Gasteiger partial charge on any atom is 0.269 e. The largest absolute Gasteiger partial charge is 0.491 e. The first kappa shape index (κ1) is 20.4. The molecule has 0 saturated carbocycles. The summed E-state index contributed by atoms with van der Waals surface area (Å²) in [6.45, 7) is 6.19. The number of ether oxygens (including phenoxy) is 1. The topological polar surface area (TPSA) is 79.1 Å². The number of nitro groups is 1. The number of non-ortho nitro benzene ring substituents is 1. The number of benzene rings is 2. The lowest BCUT2D eigenvalue weighted by Crippen LogP contribution is -2.49. The van der Waals surface area contributed by atoms with E-state index in [0.717, 1.165) is 36.9 Å². The monoisotopic (exact) mass is 405 g/mol. The predicted octanol–water partition coefficient (Wildman–Crippen LogP) is 3.12. The molecular weight excluding hydrogens is 382 g/mol. The van der Waals surface area contributed by atoms with Crippen LogP contribution in [-0.4, -0.2) is 60.4 Å². The van der Waals surface area contributed by atoms with Gasteiger partial charge in [-0.1, -0.05) is 17.7 Å². The standard InChI is InChI=1S/C20H24ClN3O4/c1-15-2-3-16(21)12-20(15)23-10-8-22(9-11-23)13-18(25)14-28-19-6-4-17(5-7-19)24(26)27/h2-7,12,18,25H,8-11,13-14H2,1H3/t18-/m1/s1. The van der Waals surface area contributed by atoms with Crippen LogP contribution in [0.25, 0.3) is 0 Å². The zero-order chi connectivity index (χ0) is 20.1. The van der Waals surface area contributed by atoms with E-state index in [9.17, 15) is 15.2 Å². The molecule has 0 radical (unpaired) electrons. The van der Waals surface area contributed by atoms with Crippen LogP contribution in [-0.2, 0) is 0 Å². The summed E-state index contributed by atoms with van der Waals surface area (Å²) in [4.78, 5) is 14.7. The second-order valence-electron chi connectivity index (χ2n) is 6.93. The smallest absolute Gasteiger partial charge is 0.269 e. The Hall–Kier alpha value is -2.35. The Morgan fingerprint density at radius 2 is 1.86 bits per heavy atom. The van der Waals surface area contributed by atoms with Crippen molar-refractivity contribution >= 4 is 23.0 Å². The van der Waals surface area contributed by atoms with E-state index in [1.807, 2.05) is 18.2 Å². The minimum Gasteiger partial charge on any atom is -0.491 e. The van der Waals surface area contributed by atoms with Crippen molar-refractivity contribution < 1.29 is 14.8 Å². The molecule has 0 unspecified atom stereocenters. The summed E-state index contributed by atoms with van der Waals surface area (Å²) in [5, 5.41) is 21.7. The van der Waals surface area contributed by atoms with Crippen LogP contribution in [0.3, 0.4) is 0 Å². The molecule has 8 heteroatoms. The molecule has 0 aromatic heterocycles. The zero-order valence-electron chi connectivity index (χ0n) is 15.8. The molecule has 1 aliphatic rings. The van der Waals surface area contributed by atoms with Gasteiger partial charge in [-0.2, -0.15) is 0 Å². The van der Waals surface area contributed by atoms with Crippen molar-refractivity contribution in [2.24, 2.45) is 0 Å². The molecule has 1 heterocycles. The maximum atomic E-state index is 10.7. The Balaban J connectivity index is 1.44. The fourth-order valence-electron chi connectivity index (χ4n) is 3.30. The second-order valence-corrected chi connectivity index (χ2v) is 7.37. The molecule has 1 N–H and O–H groups in total. The summed E-state index contributed by atoms with van der Waals surface area (Å²) >= 11 is 6.13. The van der Waals surface area contributed by atoms with Gasteiger partial charge in [-0.15, -0.1) is 0 Å². The van der Waals surface area contributed by atoms with Crippen molar-refractivity contribution in [3.8, 4) is 5.75 Å². The normalized spacial score (nSPS) is 16.0. The third kappa shape index (κ3) is 5.34. The highest BCUT2D eigenvalue weighted by atomic mass is 35.5. The van der Waals surface area contributed by atoms with Gasteiger partial charge in [0.2, 0.25) is 0 Å². The van der Waals surface area contributed by atoms with Crippen molar-refractivity contribution in [2.75, 3.05) is 44.2 Å². The molecule has 0 amide bonds. The van der Waals surface area contributed by atoms with Gasteiger partial charge in [0.15, 0.2) is 0 Å². The lowest BCUT2D eigenvalue weighted by molar-refractivity contribution is -0.384. The minimum atomic E-state index is -0.630.